The number of H-pyrrole nitrogens is 2. The van der Waals surface area contributed by atoms with Gasteiger partial charge in [0, 0.05) is 0 Å². The van der Waals surface area contributed by atoms with Gasteiger partial charge < -0.3 is 20.2 Å². The summed E-state index contributed by atoms with van der Waals surface area (Å²) in [5.74, 6) is -2.72. The van der Waals surface area contributed by atoms with Gasteiger partial charge in [0.15, 0.2) is 16.2 Å². The van der Waals surface area contributed by atoms with Crippen LogP contribution in [0.4, 0.5) is 0 Å². The lowest BCUT2D eigenvalue weighted by Crippen LogP contribution is -2.07. The van der Waals surface area contributed by atoms with E-state index >= 15 is 0 Å². The molecule has 12 heavy (non-hydrogen) atoms. The molecule has 7 heteroatoms. The van der Waals surface area contributed by atoms with E-state index in [2.05, 4.69) is 22.2 Å². The highest BCUT2D eigenvalue weighted by Gasteiger charge is 2.18. The molecule has 0 atom stereocenters. The van der Waals surface area contributed by atoms with Crippen LogP contribution in [0.3, 0.4) is 0 Å². The summed E-state index contributed by atoms with van der Waals surface area (Å²) in [5.41, 5.74) is -0.875. The number of aromatic carboxylic acids is 2. The van der Waals surface area contributed by atoms with Crippen molar-refractivity contribution in [1.29, 1.82) is 0 Å². The largest absolute Gasteiger partial charge is 0.477 e. The van der Waals surface area contributed by atoms with Crippen LogP contribution < -0.4 is 0 Å². The van der Waals surface area contributed by atoms with E-state index in [4.69, 9.17) is 10.2 Å². The van der Waals surface area contributed by atoms with Crippen molar-refractivity contribution in [3.8, 4) is 0 Å². The van der Waals surface area contributed by atoms with Crippen molar-refractivity contribution < 1.29 is 19.8 Å². The Morgan fingerprint density at radius 3 is 1.67 bits per heavy atom. The molecule has 64 valence electrons. The van der Waals surface area contributed by atoms with Gasteiger partial charge >= 0.3 is 11.9 Å². The molecule has 0 aliphatic carbocycles. The lowest BCUT2D eigenvalue weighted by molar-refractivity contribution is 0.0644. The van der Waals surface area contributed by atoms with Crippen LogP contribution >= 0.6 is 12.2 Å². The molecule has 0 aromatic carbocycles. The van der Waals surface area contributed by atoms with E-state index in [1.165, 1.54) is 0 Å². The van der Waals surface area contributed by atoms with Crippen LogP contribution in [0.5, 0.6) is 0 Å². The molecule has 0 radical (unpaired) electrons. The number of aromatic nitrogens is 2. The van der Waals surface area contributed by atoms with Crippen LogP contribution in [0.2, 0.25) is 0 Å². The Morgan fingerprint density at radius 2 is 1.42 bits per heavy atom. The van der Waals surface area contributed by atoms with Crippen molar-refractivity contribution in [2.45, 2.75) is 0 Å². The van der Waals surface area contributed by atoms with Gasteiger partial charge in [-0.05, 0) is 12.2 Å². The second kappa shape index (κ2) is 2.78. The van der Waals surface area contributed by atoms with Crippen molar-refractivity contribution >= 4 is 24.2 Å². The number of rotatable bonds is 2. The first-order valence-electron chi connectivity index (χ1n) is 2.81. The van der Waals surface area contributed by atoms with Gasteiger partial charge in [-0.2, -0.15) is 0 Å². The maximum Gasteiger partial charge on any atom is 0.354 e. The molecule has 0 aliphatic rings. The molecule has 1 aromatic rings. The molecule has 4 N–H and O–H groups in total. The monoisotopic (exact) mass is 188 g/mol. The molecule has 6 nitrogen and oxygen atoms in total. The summed E-state index contributed by atoms with van der Waals surface area (Å²) >= 11 is 4.52. The molecule has 1 heterocycles. The lowest BCUT2D eigenvalue weighted by atomic mass is 10.3. The van der Waals surface area contributed by atoms with E-state index in [1.807, 2.05) is 0 Å². The van der Waals surface area contributed by atoms with E-state index in [-0.39, 0.29) is 4.77 Å². The second-order valence-corrected chi connectivity index (χ2v) is 2.35. The minimum atomic E-state index is -1.36. The number of carboxylic acids is 2. The predicted molar refractivity (Wildman–Crippen MR) is 39.9 cm³/mol. The van der Waals surface area contributed by atoms with E-state index < -0.39 is 23.3 Å². The van der Waals surface area contributed by atoms with E-state index in [0.29, 0.717) is 0 Å². The molecule has 1 aromatic heterocycles. The highest BCUT2D eigenvalue weighted by molar-refractivity contribution is 7.71. The summed E-state index contributed by atoms with van der Waals surface area (Å²) in [6, 6.07) is 0. The Morgan fingerprint density at radius 1 is 1.08 bits per heavy atom. The van der Waals surface area contributed by atoms with E-state index in [0.717, 1.165) is 0 Å². The molecular formula is C5H4N2O4S. The van der Waals surface area contributed by atoms with Gasteiger partial charge in [-0.25, -0.2) is 9.59 Å². The normalized spacial score (nSPS) is 9.67. The molecule has 0 saturated heterocycles. The maximum atomic E-state index is 10.4. The maximum absolute atomic E-state index is 10.4. The molecule has 1 rings (SSSR count). The van der Waals surface area contributed by atoms with Crippen molar-refractivity contribution in [3.63, 3.8) is 0 Å². The molecular weight excluding hydrogens is 184 g/mol. The van der Waals surface area contributed by atoms with Crippen LogP contribution in [0.15, 0.2) is 0 Å². The minimum Gasteiger partial charge on any atom is -0.477 e. The van der Waals surface area contributed by atoms with E-state index in [1.54, 1.807) is 0 Å². The number of carbonyl (C=O) groups is 2. The highest BCUT2D eigenvalue weighted by Crippen LogP contribution is 2.03. The van der Waals surface area contributed by atoms with Gasteiger partial charge in [0.05, 0.1) is 0 Å². The van der Waals surface area contributed by atoms with Crippen molar-refractivity contribution in [2.24, 2.45) is 0 Å². The molecule has 0 unspecified atom stereocenters. The standard InChI is InChI=1S/C5H4N2O4S/c8-3(9)1-2(4(10)11)7-5(12)6-1/h(H,8,9)(H,10,11)(H2,6,7,12). The van der Waals surface area contributed by atoms with Gasteiger partial charge in [-0.1, -0.05) is 0 Å². The zero-order chi connectivity index (χ0) is 9.30. The Kier molecular flexibility index (Phi) is 1.96. The number of carboxylic acid groups (broad SMARTS) is 2. The SMILES string of the molecule is O=C(O)c1[nH]c(=S)[nH]c1C(=O)O. The summed E-state index contributed by atoms with van der Waals surface area (Å²) < 4.78 is -0.0233. The summed E-state index contributed by atoms with van der Waals surface area (Å²) in [4.78, 5) is 25.2. The molecule has 0 spiro atoms. The first kappa shape index (κ1) is 8.47. The molecule has 0 saturated carbocycles. The smallest absolute Gasteiger partial charge is 0.354 e. The topological polar surface area (TPSA) is 106 Å². The molecule has 0 amide bonds. The predicted octanol–water partition coefficient (Wildman–Crippen LogP) is 0.469. The van der Waals surface area contributed by atoms with Crippen LogP contribution in [-0.2, 0) is 0 Å². The number of imidazole rings is 1. The number of hydrogen-bond donors (Lipinski definition) is 4. The number of hydrogen-bond acceptors (Lipinski definition) is 3. The average molecular weight is 188 g/mol. The highest BCUT2D eigenvalue weighted by atomic mass is 32.1. The fraction of sp³-hybridized carbons (Fsp3) is 0. The molecule has 0 fully saturated rings. The first-order valence-corrected chi connectivity index (χ1v) is 3.22. The van der Waals surface area contributed by atoms with Gasteiger partial charge in [0.2, 0.25) is 0 Å². The Hall–Kier alpha value is -1.63. The third-order valence-corrected chi connectivity index (χ3v) is 1.36. The Bertz CT molecular complexity index is 356. The Labute approximate surface area is 70.9 Å². The second-order valence-electron chi connectivity index (χ2n) is 1.94. The zero-order valence-electron chi connectivity index (χ0n) is 5.62. The van der Waals surface area contributed by atoms with Gasteiger partial charge in [-0.15, -0.1) is 0 Å². The summed E-state index contributed by atoms with van der Waals surface area (Å²) in [6.07, 6.45) is 0. The number of aromatic amines is 2. The van der Waals surface area contributed by atoms with Crippen molar-refractivity contribution in [3.05, 3.63) is 16.2 Å². The van der Waals surface area contributed by atoms with Crippen LogP contribution in [-0.4, -0.2) is 32.1 Å². The summed E-state index contributed by atoms with van der Waals surface area (Å²) in [6.45, 7) is 0. The van der Waals surface area contributed by atoms with Crippen molar-refractivity contribution in [2.75, 3.05) is 0 Å². The van der Waals surface area contributed by atoms with Crippen LogP contribution in [0.1, 0.15) is 21.0 Å². The Balaban J connectivity index is 3.36. The minimum absolute atomic E-state index is 0.0233. The van der Waals surface area contributed by atoms with Gasteiger partial charge in [0.1, 0.15) is 0 Å². The number of nitrogens with one attached hydrogen (secondary N) is 2. The average Bonchev–Trinajstić information content (AvgIpc) is 2.31. The third-order valence-electron chi connectivity index (χ3n) is 1.15. The quantitative estimate of drug-likeness (QED) is 0.505. The van der Waals surface area contributed by atoms with Gasteiger partial charge in [-0.3, -0.25) is 0 Å². The molecule has 0 aliphatic heterocycles. The van der Waals surface area contributed by atoms with E-state index in [9.17, 15) is 9.59 Å². The fourth-order valence-corrected chi connectivity index (χ4v) is 0.908. The van der Waals surface area contributed by atoms with Crippen LogP contribution in [0.25, 0.3) is 0 Å². The summed E-state index contributed by atoms with van der Waals surface area (Å²) in [7, 11) is 0. The summed E-state index contributed by atoms with van der Waals surface area (Å²) in [5, 5.41) is 16.9. The van der Waals surface area contributed by atoms with Crippen LogP contribution in [0, 0.1) is 4.77 Å². The van der Waals surface area contributed by atoms with Crippen molar-refractivity contribution in [1.82, 2.24) is 9.97 Å². The lowest BCUT2D eigenvalue weighted by Gasteiger charge is -1.89. The molecule has 0 bridgehead atoms. The first-order chi connectivity index (χ1) is 5.52. The fourth-order valence-electron chi connectivity index (χ4n) is 0.704. The third kappa shape index (κ3) is 1.35. The zero-order valence-corrected chi connectivity index (χ0v) is 6.44. The van der Waals surface area contributed by atoms with Gasteiger partial charge in [0.25, 0.3) is 0 Å².